The highest BCUT2D eigenvalue weighted by molar-refractivity contribution is 7.92. The molecule has 0 aliphatic rings. The van der Waals surface area contributed by atoms with Gasteiger partial charge in [0, 0.05) is 0 Å². The van der Waals surface area contributed by atoms with Crippen molar-refractivity contribution < 1.29 is 22.7 Å². The fraction of sp³-hybridized carbons (Fsp3) is 0.300. The molecule has 0 spiro atoms. The normalized spacial score (nSPS) is 13.4. The molecule has 1 rings (SSSR count). The minimum atomic E-state index is -3.81. The third-order valence-electron chi connectivity index (χ3n) is 2.21. The van der Waals surface area contributed by atoms with Crippen LogP contribution in [-0.4, -0.2) is 24.7 Å². The van der Waals surface area contributed by atoms with Crippen LogP contribution in [0.5, 0.6) is 0 Å². The van der Waals surface area contributed by atoms with Crippen LogP contribution in [0.15, 0.2) is 23.1 Å². The van der Waals surface area contributed by atoms with Gasteiger partial charge in [0.05, 0.1) is 21.6 Å². The number of sulfone groups is 1. The standard InChI is InChI=1S/C10H10ClFO4S/c1-6(4-10(13)14)17(15,16)7-2-3-9(12)8(11)5-7/h2-3,5-6H,4H2,1H3,(H,13,14). The quantitative estimate of drug-likeness (QED) is 0.858. The van der Waals surface area contributed by atoms with E-state index in [1.54, 1.807) is 0 Å². The zero-order valence-electron chi connectivity index (χ0n) is 8.85. The Balaban J connectivity index is 3.13. The van der Waals surface area contributed by atoms with Gasteiger partial charge in [-0.15, -0.1) is 0 Å². The van der Waals surface area contributed by atoms with Gasteiger partial charge in [-0.25, -0.2) is 12.8 Å². The Morgan fingerprint density at radius 1 is 1.53 bits per heavy atom. The van der Waals surface area contributed by atoms with E-state index in [1.807, 2.05) is 0 Å². The lowest BCUT2D eigenvalue weighted by atomic mass is 10.3. The van der Waals surface area contributed by atoms with Crippen molar-refractivity contribution in [1.82, 2.24) is 0 Å². The van der Waals surface area contributed by atoms with E-state index in [0.29, 0.717) is 0 Å². The predicted octanol–water partition coefficient (Wildman–Crippen LogP) is 2.12. The topological polar surface area (TPSA) is 71.4 Å². The van der Waals surface area contributed by atoms with Gasteiger partial charge in [0.25, 0.3) is 0 Å². The van der Waals surface area contributed by atoms with Gasteiger partial charge in [0.15, 0.2) is 9.84 Å². The van der Waals surface area contributed by atoms with E-state index in [9.17, 15) is 17.6 Å². The van der Waals surface area contributed by atoms with E-state index < -0.39 is 33.3 Å². The largest absolute Gasteiger partial charge is 0.481 e. The molecule has 0 aromatic heterocycles. The lowest BCUT2D eigenvalue weighted by Gasteiger charge is -2.11. The number of carboxylic acids is 1. The van der Waals surface area contributed by atoms with Gasteiger partial charge in [0.2, 0.25) is 0 Å². The third-order valence-corrected chi connectivity index (χ3v) is 4.64. The van der Waals surface area contributed by atoms with Crippen LogP contribution in [0.4, 0.5) is 4.39 Å². The van der Waals surface area contributed by atoms with Crippen LogP contribution in [0.25, 0.3) is 0 Å². The lowest BCUT2D eigenvalue weighted by Crippen LogP contribution is -2.21. The predicted molar refractivity (Wildman–Crippen MR) is 60.3 cm³/mol. The van der Waals surface area contributed by atoms with Crippen molar-refractivity contribution in [2.45, 2.75) is 23.5 Å². The summed E-state index contributed by atoms with van der Waals surface area (Å²) in [5, 5.41) is 7.14. The third kappa shape index (κ3) is 3.17. The van der Waals surface area contributed by atoms with E-state index in [4.69, 9.17) is 16.7 Å². The molecule has 17 heavy (non-hydrogen) atoms. The highest BCUT2D eigenvalue weighted by Gasteiger charge is 2.26. The summed E-state index contributed by atoms with van der Waals surface area (Å²) in [7, 11) is -3.81. The van der Waals surface area contributed by atoms with E-state index in [1.165, 1.54) is 6.92 Å². The van der Waals surface area contributed by atoms with Gasteiger partial charge >= 0.3 is 5.97 Å². The molecule has 0 aliphatic heterocycles. The Hall–Kier alpha value is -1.14. The summed E-state index contributed by atoms with van der Waals surface area (Å²) in [5.74, 6) is -1.94. The van der Waals surface area contributed by atoms with Crippen molar-refractivity contribution in [3.63, 3.8) is 0 Å². The zero-order valence-corrected chi connectivity index (χ0v) is 10.4. The van der Waals surface area contributed by atoms with Crippen LogP contribution < -0.4 is 0 Å². The van der Waals surface area contributed by atoms with E-state index >= 15 is 0 Å². The summed E-state index contributed by atoms with van der Waals surface area (Å²) in [6, 6.07) is 2.97. The van der Waals surface area contributed by atoms with Crippen molar-refractivity contribution in [2.75, 3.05) is 0 Å². The fourth-order valence-electron chi connectivity index (χ4n) is 1.24. The molecule has 0 aliphatic carbocycles. The average molecular weight is 281 g/mol. The molecule has 0 saturated heterocycles. The van der Waals surface area contributed by atoms with Gasteiger partial charge in [-0.1, -0.05) is 11.6 Å². The molecule has 1 aromatic carbocycles. The molecule has 4 nitrogen and oxygen atoms in total. The smallest absolute Gasteiger partial charge is 0.304 e. The number of carboxylic acid groups (broad SMARTS) is 1. The Kier molecular flexibility index (Phi) is 4.11. The van der Waals surface area contributed by atoms with Crippen molar-refractivity contribution in [2.24, 2.45) is 0 Å². The van der Waals surface area contributed by atoms with Gasteiger partial charge in [-0.05, 0) is 25.1 Å². The van der Waals surface area contributed by atoms with Crippen LogP contribution in [-0.2, 0) is 14.6 Å². The molecular formula is C10H10ClFO4S. The van der Waals surface area contributed by atoms with Crippen molar-refractivity contribution in [3.05, 3.63) is 29.0 Å². The summed E-state index contributed by atoms with van der Waals surface area (Å²) in [6.45, 7) is 1.28. The first kappa shape index (κ1) is 13.9. The first-order valence-corrected chi connectivity index (χ1v) is 6.58. The lowest BCUT2D eigenvalue weighted by molar-refractivity contribution is -0.136. The fourth-order valence-corrected chi connectivity index (χ4v) is 2.85. The van der Waals surface area contributed by atoms with Crippen molar-refractivity contribution in [3.8, 4) is 0 Å². The molecule has 0 heterocycles. The molecule has 7 heteroatoms. The Morgan fingerprint density at radius 2 is 2.12 bits per heavy atom. The molecule has 0 saturated carbocycles. The number of rotatable bonds is 4. The Labute approximate surface area is 103 Å². The summed E-state index contributed by atoms with van der Waals surface area (Å²) < 4.78 is 36.7. The molecule has 1 N–H and O–H groups in total. The summed E-state index contributed by atoms with van der Waals surface area (Å²) >= 11 is 5.47. The zero-order chi connectivity index (χ0) is 13.2. The Morgan fingerprint density at radius 3 is 2.59 bits per heavy atom. The van der Waals surface area contributed by atoms with Crippen molar-refractivity contribution >= 4 is 27.4 Å². The van der Waals surface area contributed by atoms with E-state index in [2.05, 4.69) is 0 Å². The number of hydrogen-bond acceptors (Lipinski definition) is 3. The van der Waals surface area contributed by atoms with Gasteiger partial charge in [-0.3, -0.25) is 4.79 Å². The summed E-state index contributed by atoms with van der Waals surface area (Å²) in [4.78, 5) is 10.3. The maximum atomic E-state index is 12.9. The van der Waals surface area contributed by atoms with Gasteiger partial charge in [0.1, 0.15) is 5.82 Å². The first-order chi connectivity index (χ1) is 7.75. The van der Waals surface area contributed by atoms with Gasteiger partial charge < -0.3 is 5.11 Å². The van der Waals surface area contributed by atoms with E-state index in [0.717, 1.165) is 18.2 Å². The summed E-state index contributed by atoms with van der Waals surface area (Å²) in [5.41, 5.74) is 0. The first-order valence-electron chi connectivity index (χ1n) is 4.66. The molecule has 0 fully saturated rings. The van der Waals surface area contributed by atoms with Gasteiger partial charge in [-0.2, -0.15) is 0 Å². The maximum absolute atomic E-state index is 12.9. The molecule has 0 amide bonds. The number of benzene rings is 1. The second kappa shape index (κ2) is 5.01. The SMILES string of the molecule is CC(CC(=O)O)S(=O)(=O)c1ccc(F)c(Cl)c1. The van der Waals surface area contributed by atoms with Crippen LogP contribution >= 0.6 is 11.6 Å². The second-order valence-electron chi connectivity index (χ2n) is 3.53. The van der Waals surface area contributed by atoms with Crippen LogP contribution in [0, 0.1) is 5.82 Å². The molecule has 1 atom stereocenters. The van der Waals surface area contributed by atoms with Crippen LogP contribution in [0.3, 0.4) is 0 Å². The van der Waals surface area contributed by atoms with Crippen molar-refractivity contribution in [1.29, 1.82) is 0 Å². The van der Waals surface area contributed by atoms with Crippen LogP contribution in [0.1, 0.15) is 13.3 Å². The maximum Gasteiger partial charge on any atom is 0.304 e. The molecular weight excluding hydrogens is 271 g/mol. The molecule has 1 aromatic rings. The number of hydrogen-bond donors (Lipinski definition) is 1. The highest BCUT2D eigenvalue weighted by Crippen LogP contribution is 2.23. The monoisotopic (exact) mass is 280 g/mol. The molecule has 1 unspecified atom stereocenters. The highest BCUT2D eigenvalue weighted by atomic mass is 35.5. The number of halogens is 2. The summed E-state index contributed by atoms with van der Waals surface area (Å²) in [6.07, 6.45) is -0.517. The minimum Gasteiger partial charge on any atom is -0.481 e. The second-order valence-corrected chi connectivity index (χ2v) is 6.30. The molecule has 94 valence electrons. The molecule has 0 radical (unpaired) electrons. The Bertz CT molecular complexity index is 541. The molecule has 0 bridgehead atoms. The average Bonchev–Trinajstić information content (AvgIpc) is 2.20. The van der Waals surface area contributed by atoms with E-state index in [-0.39, 0.29) is 9.92 Å². The van der Waals surface area contributed by atoms with Crippen LogP contribution in [0.2, 0.25) is 5.02 Å². The number of carbonyl (C=O) groups is 1. The number of aliphatic carboxylic acids is 1. The minimum absolute atomic E-state index is 0.183.